The van der Waals surface area contributed by atoms with Crippen molar-refractivity contribution in [2.45, 2.75) is 25.7 Å². The van der Waals surface area contributed by atoms with E-state index in [0.717, 1.165) is 22.4 Å². The van der Waals surface area contributed by atoms with Crippen LogP contribution in [0, 0.1) is 13.8 Å². The largest absolute Gasteiger partial charge is 0.365 e. The summed E-state index contributed by atoms with van der Waals surface area (Å²) in [6.07, 6.45) is -0.392. The maximum Gasteiger partial charge on any atom is 0.253 e. The van der Waals surface area contributed by atoms with Gasteiger partial charge in [-0.05, 0) is 31.5 Å². The van der Waals surface area contributed by atoms with Crippen LogP contribution in [0.25, 0.3) is 0 Å². The zero-order chi connectivity index (χ0) is 19.4. The van der Waals surface area contributed by atoms with Crippen molar-refractivity contribution < 1.29 is 17.9 Å². The number of hydrogen-bond donors (Lipinski definition) is 1. The van der Waals surface area contributed by atoms with Crippen molar-refractivity contribution in [1.29, 1.82) is 0 Å². The zero-order valence-corrected chi connectivity index (χ0v) is 16.3. The molecule has 0 bridgehead atoms. The van der Waals surface area contributed by atoms with Crippen LogP contribution in [0.15, 0.2) is 48.5 Å². The van der Waals surface area contributed by atoms with E-state index in [9.17, 15) is 13.2 Å². The van der Waals surface area contributed by atoms with E-state index in [1.165, 1.54) is 0 Å². The summed E-state index contributed by atoms with van der Waals surface area (Å²) < 4.78 is 32.8. The third-order valence-corrected chi connectivity index (χ3v) is 5.80. The standard InChI is InChI=1S/C20H24N2O4S/c1-15-3-7-17(8-4-15)14-27(24,25)21-11-19-12-22(20(23)13-26-19)18-9-5-16(2)6-10-18/h3-10,19,21H,11-14H2,1-2H3. The lowest BCUT2D eigenvalue weighted by Gasteiger charge is -2.33. The van der Waals surface area contributed by atoms with Crippen LogP contribution in [0.2, 0.25) is 0 Å². The van der Waals surface area contributed by atoms with Crippen LogP contribution in [0.5, 0.6) is 0 Å². The SMILES string of the molecule is Cc1ccc(CS(=O)(=O)NCC2CN(c3ccc(C)cc3)C(=O)CO2)cc1. The van der Waals surface area contributed by atoms with Crippen LogP contribution in [0.4, 0.5) is 5.69 Å². The van der Waals surface area contributed by atoms with E-state index in [0.29, 0.717) is 6.54 Å². The van der Waals surface area contributed by atoms with Crippen LogP contribution >= 0.6 is 0 Å². The van der Waals surface area contributed by atoms with Crippen LogP contribution in [0.1, 0.15) is 16.7 Å². The van der Waals surface area contributed by atoms with Crippen LogP contribution in [-0.2, 0) is 25.3 Å². The second kappa shape index (κ2) is 8.21. The highest BCUT2D eigenvalue weighted by Crippen LogP contribution is 2.19. The number of rotatable bonds is 6. The first-order valence-electron chi connectivity index (χ1n) is 8.84. The molecule has 0 saturated carbocycles. The molecule has 1 amide bonds. The Balaban J connectivity index is 1.59. The van der Waals surface area contributed by atoms with E-state index in [4.69, 9.17) is 4.74 Å². The fourth-order valence-corrected chi connectivity index (χ4v) is 4.07. The molecule has 1 saturated heterocycles. The Morgan fingerprint density at radius 3 is 2.26 bits per heavy atom. The summed E-state index contributed by atoms with van der Waals surface area (Å²) in [7, 11) is -3.48. The molecule has 1 aliphatic heterocycles. The highest BCUT2D eigenvalue weighted by molar-refractivity contribution is 7.88. The van der Waals surface area contributed by atoms with Crippen LogP contribution < -0.4 is 9.62 Å². The molecule has 2 aromatic carbocycles. The zero-order valence-electron chi connectivity index (χ0n) is 15.5. The Morgan fingerprint density at radius 2 is 1.63 bits per heavy atom. The van der Waals surface area contributed by atoms with Gasteiger partial charge in [0.1, 0.15) is 6.61 Å². The molecule has 1 atom stereocenters. The van der Waals surface area contributed by atoms with Crippen molar-refractivity contribution in [1.82, 2.24) is 4.72 Å². The average molecular weight is 388 g/mol. The maximum atomic E-state index is 12.3. The summed E-state index contributed by atoms with van der Waals surface area (Å²) in [6, 6.07) is 15.1. The first-order valence-corrected chi connectivity index (χ1v) is 10.5. The van der Waals surface area contributed by atoms with Crippen molar-refractivity contribution >= 4 is 21.6 Å². The lowest BCUT2D eigenvalue weighted by Crippen LogP contribution is -2.50. The number of carbonyl (C=O) groups is 1. The van der Waals surface area contributed by atoms with Gasteiger partial charge in [-0.2, -0.15) is 0 Å². The number of nitrogens with one attached hydrogen (secondary N) is 1. The molecular formula is C20H24N2O4S. The molecule has 0 aliphatic carbocycles. The van der Waals surface area contributed by atoms with Gasteiger partial charge in [0.15, 0.2) is 0 Å². The third-order valence-electron chi connectivity index (χ3n) is 4.48. The minimum absolute atomic E-state index is 0.0573. The van der Waals surface area contributed by atoms with Gasteiger partial charge >= 0.3 is 0 Å². The summed E-state index contributed by atoms with van der Waals surface area (Å²) >= 11 is 0. The van der Waals surface area contributed by atoms with Gasteiger partial charge in [0, 0.05) is 12.2 Å². The first-order chi connectivity index (χ1) is 12.8. The van der Waals surface area contributed by atoms with E-state index in [1.54, 1.807) is 4.90 Å². The highest BCUT2D eigenvalue weighted by Gasteiger charge is 2.28. The number of amides is 1. The van der Waals surface area contributed by atoms with E-state index in [1.807, 2.05) is 62.4 Å². The number of carbonyl (C=O) groups excluding carboxylic acids is 1. The number of ether oxygens (including phenoxy) is 1. The fraction of sp³-hybridized carbons (Fsp3) is 0.350. The molecule has 1 fully saturated rings. The molecule has 2 aromatic rings. The quantitative estimate of drug-likeness (QED) is 0.823. The van der Waals surface area contributed by atoms with Crippen LogP contribution in [-0.4, -0.2) is 40.1 Å². The molecule has 27 heavy (non-hydrogen) atoms. The number of nitrogens with zero attached hydrogens (tertiary/aromatic N) is 1. The van der Waals surface area contributed by atoms with Crippen molar-refractivity contribution in [3.8, 4) is 0 Å². The van der Waals surface area contributed by atoms with Crippen LogP contribution in [0.3, 0.4) is 0 Å². The van der Waals surface area contributed by atoms with Gasteiger partial charge in [0.25, 0.3) is 5.91 Å². The summed E-state index contributed by atoms with van der Waals surface area (Å²) in [5.74, 6) is -0.210. The molecule has 6 nitrogen and oxygen atoms in total. The molecule has 7 heteroatoms. The predicted molar refractivity (Wildman–Crippen MR) is 105 cm³/mol. The van der Waals surface area contributed by atoms with Crippen molar-refractivity contribution in [2.24, 2.45) is 0 Å². The molecule has 0 radical (unpaired) electrons. The summed E-state index contributed by atoms with van der Waals surface area (Å²) in [5.41, 5.74) is 3.72. The Hall–Kier alpha value is -2.22. The lowest BCUT2D eigenvalue weighted by atomic mass is 10.2. The van der Waals surface area contributed by atoms with E-state index < -0.39 is 16.1 Å². The second-order valence-electron chi connectivity index (χ2n) is 6.87. The Kier molecular flexibility index (Phi) is 5.94. The molecule has 144 valence electrons. The molecule has 0 spiro atoms. The van der Waals surface area contributed by atoms with Gasteiger partial charge in [0.05, 0.1) is 18.4 Å². The first kappa shape index (κ1) is 19.5. The molecular weight excluding hydrogens is 364 g/mol. The molecule has 1 heterocycles. The molecule has 1 unspecified atom stereocenters. The average Bonchev–Trinajstić information content (AvgIpc) is 2.64. The summed E-state index contributed by atoms with van der Waals surface area (Å²) in [4.78, 5) is 13.8. The van der Waals surface area contributed by atoms with E-state index >= 15 is 0 Å². The van der Waals surface area contributed by atoms with E-state index in [-0.39, 0.29) is 24.8 Å². The van der Waals surface area contributed by atoms with Crippen molar-refractivity contribution in [2.75, 3.05) is 24.6 Å². The maximum absolute atomic E-state index is 12.3. The van der Waals surface area contributed by atoms with Crippen molar-refractivity contribution in [3.63, 3.8) is 0 Å². The van der Waals surface area contributed by atoms with Gasteiger partial charge in [-0.15, -0.1) is 0 Å². The number of anilines is 1. The summed E-state index contributed by atoms with van der Waals surface area (Å²) in [5, 5.41) is 0. The Labute approximate surface area is 160 Å². The predicted octanol–water partition coefficient (Wildman–Crippen LogP) is 2.15. The number of hydrogen-bond acceptors (Lipinski definition) is 4. The third kappa shape index (κ3) is 5.38. The topological polar surface area (TPSA) is 75.7 Å². The van der Waals surface area contributed by atoms with Gasteiger partial charge in [-0.1, -0.05) is 47.5 Å². The Morgan fingerprint density at radius 1 is 1.04 bits per heavy atom. The highest BCUT2D eigenvalue weighted by atomic mass is 32.2. The molecule has 1 aliphatic rings. The van der Waals surface area contributed by atoms with Gasteiger partial charge < -0.3 is 9.64 Å². The normalized spacial score (nSPS) is 17.9. The van der Waals surface area contributed by atoms with E-state index in [2.05, 4.69) is 4.72 Å². The fourth-order valence-electron chi connectivity index (χ4n) is 2.90. The minimum Gasteiger partial charge on any atom is -0.365 e. The van der Waals surface area contributed by atoms with Gasteiger partial charge in [0.2, 0.25) is 10.0 Å². The smallest absolute Gasteiger partial charge is 0.253 e. The van der Waals surface area contributed by atoms with Gasteiger partial charge in [-0.3, -0.25) is 4.79 Å². The second-order valence-corrected chi connectivity index (χ2v) is 8.67. The number of morpholine rings is 1. The number of sulfonamides is 1. The monoisotopic (exact) mass is 388 g/mol. The minimum atomic E-state index is -3.48. The van der Waals surface area contributed by atoms with Crippen molar-refractivity contribution in [3.05, 3.63) is 65.2 Å². The molecule has 1 N–H and O–H groups in total. The Bertz CT molecular complexity index is 893. The number of benzene rings is 2. The number of aryl methyl sites for hydroxylation is 2. The lowest BCUT2D eigenvalue weighted by molar-refractivity contribution is -0.129. The molecule has 0 aromatic heterocycles. The molecule has 3 rings (SSSR count). The van der Waals surface area contributed by atoms with Gasteiger partial charge in [-0.25, -0.2) is 13.1 Å². The summed E-state index contributed by atoms with van der Waals surface area (Å²) in [6.45, 7) is 4.33.